The minimum Gasteiger partial charge on any atom is -0.345 e. The molecular formula is C20H26FN3O3. The second kappa shape index (κ2) is 9.85. The zero-order valence-corrected chi connectivity index (χ0v) is 15.5. The van der Waals surface area contributed by atoms with Gasteiger partial charge in [-0.2, -0.15) is 0 Å². The van der Waals surface area contributed by atoms with Crippen molar-refractivity contribution in [2.45, 2.75) is 51.5 Å². The van der Waals surface area contributed by atoms with Crippen LogP contribution in [0.25, 0.3) is 0 Å². The van der Waals surface area contributed by atoms with Crippen molar-refractivity contribution >= 4 is 29.1 Å². The molecule has 0 spiro atoms. The SMILES string of the molecule is C=CC(=O)Nc1cc(NC(=O)C(C)NC(=O)CC2CCCCC2)ccc1F. The van der Waals surface area contributed by atoms with Crippen LogP contribution in [0.1, 0.15) is 45.4 Å². The summed E-state index contributed by atoms with van der Waals surface area (Å²) in [5, 5.41) is 7.65. The van der Waals surface area contributed by atoms with Gasteiger partial charge in [0.2, 0.25) is 17.7 Å². The van der Waals surface area contributed by atoms with Crippen LogP contribution >= 0.6 is 0 Å². The molecule has 1 saturated carbocycles. The first-order valence-electron chi connectivity index (χ1n) is 9.22. The smallest absolute Gasteiger partial charge is 0.247 e. The molecule has 146 valence electrons. The molecule has 1 aliphatic carbocycles. The van der Waals surface area contributed by atoms with E-state index in [4.69, 9.17) is 0 Å². The summed E-state index contributed by atoms with van der Waals surface area (Å²) < 4.78 is 13.7. The largest absolute Gasteiger partial charge is 0.345 e. The third-order valence-corrected chi connectivity index (χ3v) is 4.65. The predicted molar refractivity (Wildman–Crippen MR) is 103 cm³/mol. The lowest BCUT2D eigenvalue weighted by molar-refractivity contribution is -0.127. The molecule has 0 bridgehead atoms. The van der Waals surface area contributed by atoms with E-state index >= 15 is 0 Å². The number of anilines is 2. The van der Waals surface area contributed by atoms with E-state index in [-0.39, 0.29) is 11.6 Å². The first-order valence-corrected chi connectivity index (χ1v) is 9.22. The Morgan fingerprint density at radius 1 is 1.22 bits per heavy atom. The molecule has 0 aromatic heterocycles. The lowest BCUT2D eigenvalue weighted by atomic mass is 9.87. The molecule has 0 aliphatic heterocycles. The summed E-state index contributed by atoms with van der Waals surface area (Å²) in [6.45, 7) is 4.90. The van der Waals surface area contributed by atoms with Crippen molar-refractivity contribution in [1.29, 1.82) is 0 Å². The third kappa shape index (κ3) is 6.51. The maximum Gasteiger partial charge on any atom is 0.247 e. The van der Waals surface area contributed by atoms with Crippen LogP contribution in [0.4, 0.5) is 15.8 Å². The zero-order chi connectivity index (χ0) is 19.8. The van der Waals surface area contributed by atoms with Crippen molar-refractivity contribution < 1.29 is 18.8 Å². The monoisotopic (exact) mass is 375 g/mol. The minimum atomic E-state index is -0.725. The van der Waals surface area contributed by atoms with Crippen molar-refractivity contribution in [1.82, 2.24) is 5.32 Å². The first-order chi connectivity index (χ1) is 12.9. The topological polar surface area (TPSA) is 87.3 Å². The summed E-state index contributed by atoms with van der Waals surface area (Å²) in [6, 6.07) is 3.11. The van der Waals surface area contributed by atoms with Gasteiger partial charge in [-0.25, -0.2) is 4.39 Å². The van der Waals surface area contributed by atoms with Crippen molar-refractivity contribution in [3.05, 3.63) is 36.7 Å². The second-order valence-corrected chi connectivity index (χ2v) is 6.87. The Hall–Kier alpha value is -2.70. The van der Waals surface area contributed by atoms with Gasteiger partial charge in [0, 0.05) is 12.1 Å². The van der Waals surface area contributed by atoms with Crippen molar-refractivity contribution in [2.24, 2.45) is 5.92 Å². The van der Waals surface area contributed by atoms with Gasteiger partial charge in [-0.15, -0.1) is 0 Å². The number of hydrogen-bond donors (Lipinski definition) is 3. The number of halogens is 1. The molecule has 3 amide bonds. The summed E-state index contributed by atoms with van der Waals surface area (Å²) in [5.74, 6) is -1.35. The van der Waals surface area contributed by atoms with Crippen molar-refractivity contribution in [3.8, 4) is 0 Å². The number of carbonyl (C=O) groups is 3. The number of benzene rings is 1. The van der Waals surface area contributed by atoms with E-state index in [0.717, 1.165) is 37.8 Å². The van der Waals surface area contributed by atoms with Crippen LogP contribution in [-0.4, -0.2) is 23.8 Å². The van der Waals surface area contributed by atoms with E-state index in [9.17, 15) is 18.8 Å². The number of nitrogens with one attached hydrogen (secondary N) is 3. The highest BCUT2D eigenvalue weighted by molar-refractivity contribution is 6.00. The van der Waals surface area contributed by atoms with Crippen LogP contribution in [0.15, 0.2) is 30.9 Å². The van der Waals surface area contributed by atoms with Crippen LogP contribution in [-0.2, 0) is 14.4 Å². The summed E-state index contributed by atoms with van der Waals surface area (Å²) in [4.78, 5) is 35.8. The molecular weight excluding hydrogens is 349 g/mol. The number of hydrogen-bond acceptors (Lipinski definition) is 3. The molecule has 0 radical (unpaired) electrons. The molecule has 3 N–H and O–H groups in total. The molecule has 0 saturated heterocycles. The number of rotatable bonds is 7. The molecule has 2 rings (SSSR count). The molecule has 27 heavy (non-hydrogen) atoms. The van der Waals surface area contributed by atoms with Crippen molar-refractivity contribution in [2.75, 3.05) is 10.6 Å². The molecule has 0 heterocycles. The number of amides is 3. The standard InChI is InChI=1S/C20H26FN3O3/c1-3-18(25)24-17-12-15(9-10-16(17)21)23-20(27)13(2)22-19(26)11-14-7-5-4-6-8-14/h3,9-10,12-14H,1,4-8,11H2,2H3,(H,22,26)(H,23,27)(H,24,25). The predicted octanol–water partition coefficient (Wildman–Crippen LogP) is 3.36. The normalized spacial score (nSPS) is 15.5. The minimum absolute atomic E-state index is 0.0633. The molecule has 7 heteroatoms. The van der Waals surface area contributed by atoms with Crippen LogP contribution in [0.3, 0.4) is 0 Å². The Kier molecular flexibility index (Phi) is 7.52. The summed E-state index contributed by atoms with van der Waals surface area (Å²) in [5.41, 5.74) is 0.251. The molecule has 1 aliphatic rings. The molecule has 1 aromatic carbocycles. The Morgan fingerprint density at radius 2 is 1.93 bits per heavy atom. The molecule has 1 fully saturated rings. The fourth-order valence-electron chi connectivity index (χ4n) is 3.15. The highest BCUT2D eigenvalue weighted by atomic mass is 19.1. The lowest BCUT2D eigenvalue weighted by Gasteiger charge is -2.22. The molecule has 1 aromatic rings. The van der Waals surface area contributed by atoms with E-state index in [1.54, 1.807) is 6.92 Å². The zero-order valence-electron chi connectivity index (χ0n) is 15.5. The highest BCUT2D eigenvalue weighted by Crippen LogP contribution is 2.26. The van der Waals surface area contributed by atoms with Gasteiger partial charge < -0.3 is 16.0 Å². The maximum absolute atomic E-state index is 13.7. The Balaban J connectivity index is 1.89. The quantitative estimate of drug-likeness (QED) is 0.639. The fraction of sp³-hybridized carbons (Fsp3) is 0.450. The van der Waals surface area contributed by atoms with Crippen LogP contribution < -0.4 is 16.0 Å². The van der Waals surface area contributed by atoms with Gasteiger partial charge in [-0.3, -0.25) is 14.4 Å². The van der Waals surface area contributed by atoms with Crippen LogP contribution in [0, 0.1) is 11.7 Å². The second-order valence-electron chi connectivity index (χ2n) is 6.87. The Bertz CT molecular complexity index is 714. The number of carbonyl (C=O) groups excluding carboxylic acids is 3. The Labute approximate surface area is 158 Å². The average Bonchev–Trinajstić information content (AvgIpc) is 2.64. The van der Waals surface area contributed by atoms with Gasteiger partial charge >= 0.3 is 0 Å². The maximum atomic E-state index is 13.7. The van der Waals surface area contributed by atoms with E-state index in [1.165, 1.54) is 18.6 Å². The van der Waals surface area contributed by atoms with E-state index in [2.05, 4.69) is 22.5 Å². The van der Waals surface area contributed by atoms with E-state index in [1.807, 2.05) is 0 Å². The highest BCUT2D eigenvalue weighted by Gasteiger charge is 2.20. The van der Waals surface area contributed by atoms with Gasteiger partial charge in [0.1, 0.15) is 11.9 Å². The summed E-state index contributed by atoms with van der Waals surface area (Å²) >= 11 is 0. The summed E-state index contributed by atoms with van der Waals surface area (Å²) in [6.07, 6.45) is 7.11. The van der Waals surface area contributed by atoms with Gasteiger partial charge in [-0.1, -0.05) is 25.8 Å². The summed E-state index contributed by atoms with van der Waals surface area (Å²) in [7, 11) is 0. The van der Waals surface area contributed by atoms with Gasteiger partial charge in [0.25, 0.3) is 0 Å². The average molecular weight is 375 g/mol. The van der Waals surface area contributed by atoms with Gasteiger partial charge in [-0.05, 0) is 50.0 Å². The first kappa shape index (κ1) is 20.6. The third-order valence-electron chi connectivity index (χ3n) is 4.65. The molecule has 6 nitrogen and oxygen atoms in total. The van der Waals surface area contributed by atoms with Crippen LogP contribution in [0.5, 0.6) is 0 Å². The Morgan fingerprint density at radius 3 is 2.59 bits per heavy atom. The fourth-order valence-corrected chi connectivity index (χ4v) is 3.15. The van der Waals surface area contributed by atoms with E-state index < -0.39 is 23.7 Å². The molecule has 1 atom stereocenters. The van der Waals surface area contributed by atoms with Crippen LogP contribution in [0.2, 0.25) is 0 Å². The van der Waals surface area contributed by atoms with Crippen molar-refractivity contribution in [3.63, 3.8) is 0 Å². The molecule has 1 unspecified atom stereocenters. The van der Waals surface area contributed by atoms with E-state index in [0.29, 0.717) is 18.0 Å². The lowest BCUT2D eigenvalue weighted by Crippen LogP contribution is -2.42. The van der Waals surface area contributed by atoms with Gasteiger partial charge in [0.15, 0.2) is 0 Å². The van der Waals surface area contributed by atoms with Gasteiger partial charge in [0.05, 0.1) is 5.69 Å².